The van der Waals surface area contributed by atoms with Gasteiger partial charge in [-0.05, 0) is 42.5 Å². The van der Waals surface area contributed by atoms with E-state index in [-0.39, 0.29) is 17.4 Å². The Morgan fingerprint density at radius 1 is 1.20 bits per heavy atom. The molecular weight excluding hydrogens is 386 g/mol. The van der Waals surface area contributed by atoms with Crippen LogP contribution < -0.4 is 33.7 Å². The topological polar surface area (TPSA) is 193 Å². The number of hydrogen-bond acceptors (Lipinski definition) is 7. The molecule has 11 nitrogen and oxygen atoms in total. The lowest BCUT2D eigenvalue weighted by molar-refractivity contribution is 0.0953. The van der Waals surface area contributed by atoms with Crippen LogP contribution in [0, 0.1) is 0 Å². The van der Waals surface area contributed by atoms with Crippen LogP contribution in [-0.4, -0.2) is 33.2 Å². The van der Waals surface area contributed by atoms with E-state index in [4.69, 9.17) is 17.4 Å². The highest BCUT2D eigenvalue weighted by Gasteiger charge is 2.11. The van der Waals surface area contributed by atoms with Crippen LogP contribution >= 0.6 is 0 Å². The lowest BCUT2D eigenvalue weighted by Gasteiger charge is -2.07. The Balaban J connectivity index is 1.54. The first kappa shape index (κ1) is 20.9. The lowest BCUT2D eigenvalue weighted by Crippen LogP contribution is -2.32. The number of nitrogens with two attached hydrogens (primary N) is 3. The Morgan fingerprint density at radius 2 is 1.97 bits per heavy atom. The van der Waals surface area contributed by atoms with Gasteiger partial charge in [-0.2, -0.15) is 10.1 Å². The number of fused-ring (bicyclic) bond motifs is 1. The molecule has 1 aromatic carbocycles. The normalized spacial score (nSPS) is 11.6. The summed E-state index contributed by atoms with van der Waals surface area (Å²) in [4.78, 5) is 33.9. The van der Waals surface area contributed by atoms with Crippen LogP contribution in [-0.2, 0) is 12.8 Å². The molecule has 0 aliphatic carbocycles. The number of hydrazine groups is 1. The van der Waals surface area contributed by atoms with Crippen LogP contribution in [0.2, 0.25) is 0 Å². The molecule has 0 saturated heterocycles. The summed E-state index contributed by atoms with van der Waals surface area (Å²) < 4.78 is 0. The zero-order chi connectivity index (χ0) is 21.5. The summed E-state index contributed by atoms with van der Waals surface area (Å²) in [5, 5.41) is 6.86. The zero-order valence-corrected chi connectivity index (χ0v) is 16.4. The van der Waals surface area contributed by atoms with Gasteiger partial charge >= 0.3 is 0 Å². The smallest absolute Gasteiger partial charge is 0.262 e. The van der Waals surface area contributed by atoms with E-state index >= 15 is 0 Å². The van der Waals surface area contributed by atoms with Crippen molar-refractivity contribution in [2.24, 2.45) is 16.8 Å². The van der Waals surface area contributed by atoms with Crippen LogP contribution in [0.4, 0.5) is 5.95 Å². The van der Waals surface area contributed by atoms with Gasteiger partial charge in [0.15, 0.2) is 0 Å². The summed E-state index contributed by atoms with van der Waals surface area (Å²) in [6, 6.07) is 7.37. The van der Waals surface area contributed by atoms with E-state index in [2.05, 4.69) is 30.8 Å². The van der Waals surface area contributed by atoms with E-state index in [9.17, 15) is 9.59 Å². The van der Waals surface area contributed by atoms with Crippen molar-refractivity contribution in [3.63, 3.8) is 0 Å². The maximum Gasteiger partial charge on any atom is 0.262 e. The van der Waals surface area contributed by atoms with Gasteiger partial charge in [-0.15, -0.1) is 0 Å². The van der Waals surface area contributed by atoms with Crippen LogP contribution in [0.3, 0.4) is 0 Å². The number of amides is 1. The summed E-state index contributed by atoms with van der Waals surface area (Å²) in [6.45, 7) is 0.481. The number of amidine groups is 1. The molecule has 0 unspecified atom stereocenters. The van der Waals surface area contributed by atoms with Gasteiger partial charge in [0.1, 0.15) is 11.5 Å². The molecule has 0 saturated carbocycles. The third-order valence-corrected chi connectivity index (χ3v) is 4.74. The van der Waals surface area contributed by atoms with Crippen molar-refractivity contribution in [2.75, 3.05) is 12.3 Å². The number of aromatic amines is 2. The molecule has 0 atom stereocenters. The van der Waals surface area contributed by atoms with E-state index in [1.807, 2.05) is 12.1 Å². The Bertz CT molecular complexity index is 1100. The molecule has 0 bridgehead atoms. The number of nitrogens with one attached hydrogen (secondary N) is 4. The first-order chi connectivity index (χ1) is 14.5. The average molecular weight is 411 g/mol. The fourth-order valence-electron chi connectivity index (χ4n) is 3.15. The van der Waals surface area contributed by atoms with E-state index < -0.39 is 0 Å². The summed E-state index contributed by atoms with van der Waals surface area (Å²) in [6.07, 6.45) is 4.35. The van der Waals surface area contributed by atoms with Gasteiger partial charge in [0.25, 0.3) is 11.5 Å². The molecule has 0 spiro atoms. The van der Waals surface area contributed by atoms with Gasteiger partial charge in [0, 0.05) is 24.7 Å². The number of carbonyl (C=O) groups excluding carboxylic acids is 1. The molecule has 11 heteroatoms. The van der Waals surface area contributed by atoms with E-state index in [1.165, 1.54) is 0 Å². The number of hydrazone groups is 1. The number of H-pyrrole nitrogens is 2. The largest absolute Gasteiger partial charge is 0.369 e. The number of nitrogens with zero attached hydrogens (tertiary/aromatic N) is 2. The predicted octanol–water partition coefficient (Wildman–Crippen LogP) is -0.136. The highest BCUT2D eigenvalue weighted by molar-refractivity contribution is 5.94. The second kappa shape index (κ2) is 9.56. The van der Waals surface area contributed by atoms with E-state index in [0.29, 0.717) is 54.7 Å². The summed E-state index contributed by atoms with van der Waals surface area (Å²) in [7, 11) is 0. The summed E-state index contributed by atoms with van der Waals surface area (Å²) in [5.74, 6) is 10.8. The molecule has 3 aromatic rings. The van der Waals surface area contributed by atoms with Gasteiger partial charge in [-0.25, -0.2) is 5.84 Å². The Hall–Kier alpha value is -3.86. The zero-order valence-electron chi connectivity index (χ0n) is 16.4. The number of benzene rings is 1. The minimum Gasteiger partial charge on any atom is -0.369 e. The van der Waals surface area contributed by atoms with Gasteiger partial charge in [-0.1, -0.05) is 12.1 Å². The molecule has 10 N–H and O–H groups in total. The number of aromatic nitrogens is 3. The molecule has 3 rings (SSSR count). The van der Waals surface area contributed by atoms with E-state index in [0.717, 1.165) is 11.1 Å². The third-order valence-electron chi connectivity index (χ3n) is 4.74. The van der Waals surface area contributed by atoms with Gasteiger partial charge in [-0.3, -0.25) is 14.6 Å². The standard InChI is InChI=1S/C19H25N9O2/c20-19-25-16-15(18(30)26-19)13(10-24-16)8-5-11-3-6-12(7-4-11)17(29)23-9-1-2-14(27-21)28-22/h3-4,6-7,10H,1-2,5,8-9,21-22H2,(H,23,29)(H,27,28)(H4,20,24,25,26,30). The molecule has 0 aliphatic heterocycles. The summed E-state index contributed by atoms with van der Waals surface area (Å²) >= 11 is 0. The number of rotatable bonds is 8. The monoisotopic (exact) mass is 411 g/mol. The maximum absolute atomic E-state index is 12.2. The number of aryl methyl sites for hydroxylation is 2. The van der Waals surface area contributed by atoms with Crippen molar-refractivity contribution in [1.82, 2.24) is 25.7 Å². The van der Waals surface area contributed by atoms with Crippen molar-refractivity contribution in [3.8, 4) is 0 Å². The highest BCUT2D eigenvalue weighted by Crippen LogP contribution is 2.16. The molecule has 1 amide bonds. The second-order valence-corrected chi connectivity index (χ2v) is 6.77. The van der Waals surface area contributed by atoms with E-state index in [1.54, 1.807) is 18.3 Å². The Labute approximate surface area is 172 Å². The fourth-order valence-corrected chi connectivity index (χ4v) is 3.15. The maximum atomic E-state index is 12.2. The van der Waals surface area contributed by atoms with Crippen LogP contribution in [0.5, 0.6) is 0 Å². The average Bonchev–Trinajstić information content (AvgIpc) is 3.15. The molecule has 30 heavy (non-hydrogen) atoms. The minimum atomic E-state index is -0.257. The Morgan fingerprint density at radius 3 is 2.67 bits per heavy atom. The van der Waals surface area contributed by atoms with Gasteiger partial charge < -0.3 is 27.3 Å². The molecule has 2 aromatic heterocycles. The van der Waals surface area contributed by atoms with Crippen LogP contribution in [0.15, 0.2) is 40.4 Å². The number of anilines is 1. The molecule has 0 radical (unpaired) electrons. The highest BCUT2D eigenvalue weighted by atomic mass is 16.1. The predicted molar refractivity (Wildman–Crippen MR) is 115 cm³/mol. The molecular formula is C19H25N9O2. The third kappa shape index (κ3) is 4.94. The quantitative estimate of drug-likeness (QED) is 0.0881. The lowest BCUT2D eigenvalue weighted by atomic mass is 10.0. The molecule has 0 aliphatic rings. The second-order valence-electron chi connectivity index (χ2n) is 6.77. The van der Waals surface area contributed by atoms with Crippen LogP contribution in [0.25, 0.3) is 11.0 Å². The van der Waals surface area contributed by atoms with Crippen molar-refractivity contribution in [1.29, 1.82) is 0 Å². The summed E-state index contributed by atoms with van der Waals surface area (Å²) in [5.41, 5.74) is 10.7. The SMILES string of the molecule is N/N=C(/CCCNC(=O)c1ccc(CCc2c[nH]c3nc(N)[nH]c(=O)c23)cc1)NN. The number of hydrogen-bond donors (Lipinski definition) is 7. The van der Waals surface area contributed by atoms with Crippen molar-refractivity contribution in [2.45, 2.75) is 25.7 Å². The van der Waals surface area contributed by atoms with Crippen molar-refractivity contribution >= 4 is 28.7 Å². The van der Waals surface area contributed by atoms with Crippen molar-refractivity contribution in [3.05, 3.63) is 57.5 Å². The first-order valence-corrected chi connectivity index (χ1v) is 9.48. The number of carbonyl (C=O) groups is 1. The van der Waals surface area contributed by atoms with Gasteiger partial charge in [0.2, 0.25) is 5.95 Å². The fraction of sp³-hybridized carbons (Fsp3) is 0.263. The first-order valence-electron chi connectivity index (χ1n) is 9.48. The molecule has 2 heterocycles. The van der Waals surface area contributed by atoms with Gasteiger partial charge in [0.05, 0.1) is 5.39 Å². The minimum absolute atomic E-state index is 0.0822. The molecule has 0 fully saturated rings. The van der Waals surface area contributed by atoms with Crippen molar-refractivity contribution < 1.29 is 4.79 Å². The molecule has 158 valence electrons. The number of nitrogen functional groups attached to an aromatic ring is 1. The van der Waals surface area contributed by atoms with Crippen LogP contribution in [0.1, 0.15) is 34.3 Å². The Kier molecular flexibility index (Phi) is 6.65.